The molecule has 19 heavy (non-hydrogen) atoms. The summed E-state index contributed by atoms with van der Waals surface area (Å²) in [4.78, 5) is 2.58. The zero-order chi connectivity index (χ0) is 13.9. The van der Waals surface area contributed by atoms with Crippen LogP contribution in [0.4, 0.5) is 5.69 Å². The summed E-state index contributed by atoms with van der Waals surface area (Å²) in [6, 6.07) is 8.37. The van der Waals surface area contributed by atoms with Crippen molar-refractivity contribution < 1.29 is 0 Å². The molecule has 2 nitrogen and oxygen atoms in total. The van der Waals surface area contributed by atoms with Gasteiger partial charge in [0.05, 0.1) is 0 Å². The van der Waals surface area contributed by atoms with E-state index in [4.69, 9.17) is 0 Å². The van der Waals surface area contributed by atoms with Crippen LogP contribution in [-0.4, -0.2) is 31.1 Å². The number of nitrogens with one attached hydrogen (secondary N) is 1. The molecule has 0 bridgehead atoms. The average molecular weight is 327 g/mol. The van der Waals surface area contributed by atoms with Crippen molar-refractivity contribution in [1.82, 2.24) is 4.90 Å². The van der Waals surface area contributed by atoms with Crippen molar-refractivity contribution >= 4 is 21.6 Å². The molecule has 0 saturated heterocycles. The van der Waals surface area contributed by atoms with Crippen molar-refractivity contribution in [3.63, 3.8) is 0 Å². The maximum absolute atomic E-state index is 3.50. The van der Waals surface area contributed by atoms with Crippen LogP contribution >= 0.6 is 15.9 Å². The number of rotatable bonds is 10. The van der Waals surface area contributed by atoms with Gasteiger partial charge in [-0.3, -0.25) is 0 Å². The van der Waals surface area contributed by atoms with Crippen molar-refractivity contribution in [2.75, 3.05) is 31.5 Å². The molecule has 0 radical (unpaired) electrons. The standard InChI is InChI=1S/C16H27BrN2/c1-3-5-11-19(12-6-4-2)13-10-18-16-9-7-8-15(17)14-16/h7-9,14,18H,3-6,10-13H2,1-2H3. The van der Waals surface area contributed by atoms with Crippen LogP contribution in [0.25, 0.3) is 0 Å². The van der Waals surface area contributed by atoms with Crippen molar-refractivity contribution in [2.24, 2.45) is 0 Å². The summed E-state index contributed by atoms with van der Waals surface area (Å²) in [5.41, 5.74) is 1.19. The minimum absolute atomic E-state index is 1.02. The van der Waals surface area contributed by atoms with Crippen molar-refractivity contribution in [3.05, 3.63) is 28.7 Å². The highest BCUT2D eigenvalue weighted by Gasteiger charge is 2.03. The van der Waals surface area contributed by atoms with Gasteiger partial charge in [-0.2, -0.15) is 0 Å². The average Bonchev–Trinajstić information content (AvgIpc) is 2.41. The number of benzene rings is 1. The molecule has 0 spiro atoms. The summed E-state index contributed by atoms with van der Waals surface area (Å²) < 4.78 is 1.13. The van der Waals surface area contributed by atoms with Crippen LogP contribution in [0, 0.1) is 0 Å². The monoisotopic (exact) mass is 326 g/mol. The maximum Gasteiger partial charge on any atom is 0.0351 e. The first-order valence-electron chi connectivity index (χ1n) is 7.48. The van der Waals surface area contributed by atoms with Gasteiger partial charge in [0.1, 0.15) is 0 Å². The molecule has 0 saturated carbocycles. The molecule has 0 atom stereocenters. The second-order valence-electron chi connectivity index (χ2n) is 4.99. The number of hydrogen-bond donors (Lipinski definition) is 1. The van der Waals surface area contributed by atoms with E-state index < -0.39 is 0 Å². The molecular weight excluding hydrogens is 300 g/mol. The number of hydrogen-bond acceptors (Lipinski definition) is 2. The van der Waals surface area contributed by atoms with E-state index in [0.717, 1.165) is 17.6 Å². The van der Waals surface area contributed by atoms with E-state index in [9.17, 15) is 0 Å². The summed E-state index contributed by atoms with van der Waals surface area (Å²) in [6.07, 6.45) is 5.17. The topological polar surface area (TPSA) is 15.3 Å². The highest BCUT2D eigenvalue weighted by atomic mass is 79.9. The van der Waals surface area contributed by atoms with Gasteiger partial charge in [-0.05, 0) is 44.1 Å². The van der Waals surface area contributed by atoms with Gasteiger partial charge >= 0.3 is 0 Å². The summed E-state index contributed by atoms with van der Waals surface area (Å²) in [7, 11) is 0. The molecule has 108 valence electrons. The van der Waals surface area contributed by atoms with Crippen molar-refractivity contribution in [2.45, 2.75) is 39.5 Å². The lowest BCUT2D eigenvalue weighted by atomic mass is 10.2. The second kappa shape index (κ2) is 10.3. The molecule has 0 unspecified atom stereocenters. The number of unbranched alkanes of at least 4 members (excludes halogenated alkanes) is 2. The Morgan fingerprint density at radius 1 is 1.05 bits per heavy atom. The minimum atomic E-state index is 1.02. The van der Waals surface area contributed by atoms with Gasteiger partial charge in [-0.15, -0.1) is 0 Å². The molecule has 0 aromatic heterocycles. The quantitative estimate of drug-likeness (QED) is 0.666. The third kappa shape index (κ3) is 7.58. The predicted molar refractivity (Wildman–Crippen MR) is 88.9 cm³/mol. The summed E-state index contributed by atoms with van der Waals surface area (Å²) in [6.45, 7) is 9.14. The summed E-state index contributed by atoms with van der Waals surface area (Å²) >= 11 is 3.50. The highest BCUT2D eigenvalue weighted by molar-refractivity contribution is 9.10. The van der Waals surface area contributed by atoms with Crippen LogP contribution in [0.1, 0.15) is 39.5 Å². The van der Waals surface area contributed by atoms with E-state index >= 15 is 0 Å². The molecule has 1 aromatic carbocycles. The van der Waals surface area contributed by atoms with Crippen LogP contribution in [-0.2, 0) is 0 Å². The normalized spacial score (nSPS) is 10.9. The fraction of sp³-hybridized carbons (Fsp3) is 0.625. The van der Waals surface area contributed by atoms with Gasteiger partial charge in [0.2, 0.25) is 0 Å². The molecule has 0 fully saturated rings. The summed E-state index contributed by atoms with van der Waals surface area (Å²) in [5, 5.41) is 3.50. The lowest BCUT2D eigenvalue weighted by molar-refractivity contribution is 0.275. The van der Waals surface area contributed by atoms with Gasteiger partial charge in [-0.25, -0.2) is 0 Å². The lowest BCUT2D eigenvalue weighted by Gasteiger charge is -2.22. The third-order valence-electron chi connectivity index (χ3n) is 3.24. The third-order valence-corrected chi connectivity index (χ3v) is 3.73. The van der Waals surface area contributed by atoms with Gasteiger partial charge in [0, 0.05) is 23.2 Å². The Kier molecular flexibility index (Phi) is 8.93. The fourth-order valence-electron chi connectivity index (χ4n) is 2.06. The van der Waals surface area contributed by atoms with E-state index in [2.05, 4.69) is 64.3 Å². The Morgan fingerprint density at radius 3 is 2.32 bits per heavy atom. The zero-order valence-electron chi connectivity index (χ0n) is 12.3. The minimum Gasteiger partial charge on any atom is -0.384 e. The molecule has 0 heterocycles. The number of nitrogens with zero attached hydrogens (tertiary/aromatic N) is 1. The Labute approximate surface area is 126 Å². The van der Waals surface area contributed by atoms with Crippen molar-refractivity contribution in [1.29, 1.82) is 0 Å². The first-order valence-corrected chi connectivity index (χ1v) is 8.27. The Morgan fingerprint density at radius 2 is 1.74 bits per heavy atom. The van der Waals surface area contributed by atoms with Gasteiger partial charge < -0.3 is 10.2 Å². The Bertz CT molecular complexity index is 333. The molecular formula is C16H27BrN2. The lowest BCUT2D eigenvalue weighted by Crippen LogP contribution is -2.31. The van der Waals surface area contributed by atoms with Crippen LogP contribution < -0.4 is 5.32 Å². The molecule has 1 rings (SSSR count). The van der Waals surface area contributed by atoms with E-state index in [1.165, 1.54) is 44.5 Å². The first-order chi connectivity index (χ1) is 9.26. The van der Waals surface area contributed by atoms with Gasteiger partial charge in [0.25, 0.3) is 0 Å². The molecule has 0 amide bonds. The van der Waals surface area contributed by atoms with E-state index in [1.54, 1.807) is 0 Å². The van der Waals surface area contributed by atoms with E-state index in [-0.39, 0.29) is 0 Å². The van der Waals surface area contributed by atoms with Crippen LogP contribution in [0.3, 0.4) is 0 Å². The van der Waals surface area contributed by atoms with Crippen LogP contribution in [0.15, 0.2) is 28.7 Å². The predicted octanol–water partition coefficient (Wildman–Crippen LogP) is 4.76. The first kappa shape index (κ1) is 16.5. The molecule has 1 aromatic rings. The largest absolute Gasteiger partial charge is 0.384 e. The number of halogens is 1. The zero-order valence-corrected chi connectivity index (χ0v) is 13.9. The molecule has 3 heteroatoms. The molecule has 0 aliphatic heterocycles. The van der Waals surface area contributed by atoms with E-state index in [1.807, 2.05) is 0 Å². The Hall–Kier alpha value is -0.540. The van der Waals surface area contributed by atoms with E-state index in [0.29, 0.717) is 0 Å². The van der Waals surface area contributed by atoms with Gasteiger partial charge in [0.15, 0.2) is 0 Å². The Balaban J connectivity index is 2.29. The smallest absolute Gasteiger partial charge is 0.0351 e. The highest BCUT2D eigenvalue weighted by Crippen LogP contribution is 2.15. The maximum atomic E-state index is 3.50. The van der Waals surface area contributed by atoms with Crippen molar-refractivity contribution in [3.8, 4) is 0 Å². The second-order valence-corrected chi connectivity index (χ2v) is 5.90. The molecule has 1 N–H and O–H groups in total. The molecule has 0 aliphatic carbocycles. The number of anilines is 1. The summed E-state index contributed by atoms with van der Waals surface area (Å²) in [5.74, 6) is 0. The SMILES string of the molecule is CCCCN(CCCC)CCNc1cccc(Br)c1. The van der Waals surface area contributed by atoms with Crippen LogP contribution in [0.5, 0.6) is 0 Å². The van der Waals surface area contributed by atoms with Gasteiger partial charge in [-0.1, -0.05) is 48.7 Å². The van der Waals surface area contributed by atoms with Crippen LogP contribution in [0.2, 0.25) is 0 Å². The fourth-order valence-corrected chi connectivity index (χ4v) is 2.45. The molecule has 0 aliphatic rings.